The normalized spacial score (nSPS) is 19.9. The highest BCUT2D eigenvalue weighted by molar-refractivity contribution is 6.76. The van der Waals surface area contributed by atoms with Crippen molar-refractivity contribution in [2.45, 2.75) is 63.8 Å². The molecule has 2 N–H and O–H groups in total. The Morgan fingerprint density at radius 2 is 2.14 bits per heavy atom. The standard InChI is InChI=1S/C18H29N5O4Si/c1-26-18(25)15-14-16(21-12-6-5-7-13(12)24)19-10-20-17(14)23(22-15)11-27-8-9-28(2,3)4/h10,12-13,24H,5-9,11H2,1-4H3,(H,19,20,21)/t12-,13-/m1/s1. The van der Waals surface area contributed by atoms with Crippen LogP contribution in [0.1, 0.15) is 29.8 Å². The van der Waals surface area contributed by atoms with Gasteiger partial charge in [0.25, 0.3) is 0 Å². The number of methoxy groups -OCH3 is 1. The number of ether oxygens (including phenoxy) is 2. The van der Waals surface area contributed by atoms with Crippen molar-refractivity contribution >= 4 is 30.9 Å². The summed E-state index contributed by atoms with van der Waals surface area (Å²) in [5.41, 5.74) is 0.639. The Morgan fingerprint density at radius 3 is 2.79 bits per heavy atom. The average Bonchev–Trinajstić information content (AvgIpc) is 3.22. The van der Waals surface area contributed by atoms with Crippen molar-refractivity contribution in [3.63, 3.8) is 0 Å². The summed E-state index contributed by atoms with van der Waals surface area (Å²) in [4.78, 5) is 20.9. The average molecular weight is 408 g/mol. The Bertz CT molecular complexity index is 835. The first-order valence-corrected chi connectivity index (χ1v) is 13.3. The van der Waals surface area contributed by atoms with Gasteiger partial charge in [0, 0.05) is 14.7 Å². The van der Waals surface area contributed by atoms with Gasteiger partial charge in [-0.05, 0) is 25.3 Å². The number of anilines is 1. The van der Waals surface area contributed by atoms with Crippen LogP contribution in [0.25, 0.3) is 11.0 Å². The summed E-state index contributed by atoms with van der Waals surface area (Å²) >= 11 is 0. The molecule has 0 amide bonds. The lowest BCUT2D eigenvalue weighted by atomic mass is 10.2. The number of aliphatic hydroxyl groups excluding tert-OH is 1. The van der Waals surface area contributed by atoms with Gasteiger partial charge in [-0.3, -0.25) is 0 Å². The van der Waals surface area contributed by atoms with Crippen LogP contribution in [0.15, 0.2) is 6.33 Å². The summed E-state index contributed by atoms with van der Waals surface area (Å²) in [6.07, 6.45) is 3.52. The molecule has 10 heteroatoms. The lowest BCUT2D eigenvalue weighted by Gasteiger charge is -2.17. The van der Waals surface area contributed by atoms with Gasteiger partial charge in [0.1, 0.15) is 18.9 Å². The minimum Gasteiger partial charge on any atom is -0.464 e. The number of fused-ring (bicyclic) bond motifs is 1. The van der Waals surface area contributed by atoms with E-state index in [-0.39, 0.29) is 18.5 Å². The smallest absolute Gasteiger partial charge is 0.359 e. The molecular formula is C18H29N5O4Si. The van der Waals surface area contributed by atoms with Crippen LogP contribution < -0.4 is 5.32 Å². The Morgan fingerprint density at radius 1 is 1.36 bits per heavy atom. The third kappa shape index (κ3) is 4.68. The molecule has 3 rings (SSSR count). The summed E-state index contributed by atoms with van der Waals surface area (Å²) < 4.78 is 12.2. The third-order valence-electron chi connectivity index (χ3n) is 4.92. The van der Waals surface area contributed by atoms with Crippen LogP contribution in [-0.2, 0) is 16.2 Å². The molecular weight excluding hydrogens is 378 g/mol. The molecule has 0 aromatic carbocycles. The minimum atomic E-state index is -1.19. The van der Waals surface area contributed by atoms with Gasteiger partial charge in [-0.1, -0.05) is 19.6 Å². The molecule has 1 fully saturated rings. The van der Waals surface area contributed by atoms with E-state index in [0.717, 1.165) is 25.3 Å². The molecule has 154 valence electrons. The topological polar surface area (TPSA) is 111 Å². The number of rotatable bonds is 8. The predicted octanol–water partition coefficient (Wildman–Crippen LogP) is 2.25. The highest BCUT2D eigenvalue weighted by Crippen LogP contribution is 2.28. The zero-order chi connectivity index (χ0) is 20.3. The number of esters is 1. The van der Waals surface area contributed by atoms with Gasteiger partial charge in [-0.15, -0.1) is 0 Å². The molecule has 1 saturated carbocycles. The van der Waals surface area contributed by atoms with Gasteiger partial charge in [0.15, 0.2) is 11.3 Å². The second-order valence-corrected chi connectivity index (χ2v) is 14.0. The maximum Gasteiger partial charge on any atom is 0.359 e. The molecule has 9 nitrogen and oxygen atoms in total. The third-order valence-corrected chi connectivity index (χ3v) is 6.62. The molecule has 0 aliphatic heterocycles. The fourth-order valence-corrected chi connectivity index (χ4v) is 4.02. The van der Waals surface area contributed by atoms with Crippen LogP contribution in [0.4, 0.5) is 5.82 Å². The molecule has 2 heterocycles. The molecule has 0 saturated heterocycles. The Labute approximate surface area is 165 Å². The van der Waals surface area contributed by atoms with E-state index in [1.807, 2.05) is 0 Å². The molecule has 1 aliphatic rings. The fraction of sp³-hybridized carbons (Fsp3) is 0.667. The number of hydrogen-bond acceptors (Lipinski definition) is 8. The van der Waals surface area contributed by atoms with Crippen molar-refractivity contribution in [1.29, 1.82) is 0 Å². The predicted molar refractivity (Wildman–Crippen MR) is 108 cm³/mol. The maximum atomic E-state index is 12.3. The zero-order valence-corrected chi connectivity index (χ0v) is 17.9. The Balaban J connectivity index is 1.88. The zero-order valence-electron chi connectivity index (χ0n) is 16.9. The number of aliphatic hydroxyl groups is 1. The van der Waals surface area contributed by atoms with Crippen LogP contribution in [0.2, 0.25) is 25.7 Å². The summed E-state index contributed by atoms with van der Waals surface area (Å²) in [7, 11) is 0.123. The molecule has 0 radical (unpaired) electrons. The van der Waals surface area contributed by atoms with Crippen molar-refractivity contribution in [1.82, 2.24) is 19.7 Å². The number of nitrogens with zero attached hydrogens (tertiary/aromatic N) is 4. The van der Waals surface area contributed by atoms with E-state index in [0.29, 0.717) is 23.5 Å². The highest BCUT2D eigenvalue weighted by Gasteiger charge is 2.28. The second-order valence-electron chi connectivity index (χ2n) is 8.36. The van der Waals surface area contributed by atoms with Gasteiger partial charge in [-0.25, -0.2) is 19.4 Å². The van der Waals surface area contributed by atoms with Crippen molar-refractivity contribution in [2.75, 3.05) is 19.0 Å². The number of hydrogen-bond donors (Lipinski definition) is 2. The first kappa shape index (κ1) is 20.7. The Kier molecular flexibility index (Phi) is 6.31. The fourth-order valence-electron chi connectivity index (χ4n) is 3.26. The molecule has 0 spiro atoms. The molecule has 0 bridgehead atoms. The van der Waals surface area contributed by atoms with Crippen LogP contribution in [0.5, 0.6) is 0 Å². The van der Waals surface area contributed by atoms with E-state index in [4.69, 9.17) is 9.47 Å². The lowest BCUT2D eigenvalue weighted by Crippen LogP contribution is -2.28. The first-order chi connectivity index (χ1) is 13.3. The number of aromatic nitrogens is 4. The first-order valence-electron chi connectivity index (χ1n) is 9.62. The summed E-state index contributed by atoms with van der Waals surface area (Å²) in [5, 5.41) is 18.2. The van der Waals surface area contributed by atoms with E-state index >= 15 is 0 Å². The monoisotopic (exact) mass is 407 g/mol. The number of carbonyl (C=O) groups excluding carboxylic acids is 1. The van der Waals surface area contributed by atoms with Crippen LogP contribution in [-0.4, -0.2) is 64.8 Å². The molecule has 2 aromatic rings. The molecule has 28 heavy (non-hydrogen) atoms. The minimum absolute atomic E-state index is 0.111. The van der Waals surface area contributed by atoms with Crippen molar-refractivity contribution in [2.24, 2.45) is 0 Å². The highest BCUT2D eigenvalue weighted by atomic mass is 28.3. The second kappa shape index (κ2) is 8.54. The lowest BCUT2D eigenvalue weighted by molar-refractivity contribution is 0.0585. The van der Waals surface area contributed by atoms with Gasteiger partial charge < -0.3 is 19.9 Å². The van der Waals surface area contributed by atoms with Gasteiger partial charge >= 0.3 is 5.97 Å². The van der Waals surface area contributed by atoms with Crippen LogP contribution in [0, 0.1) is 0 Å². The quantitative estimate of drug-likeness (QED) is 0.389. The van der Waals surface area contributed by atoms with Crippen molar-refractivity contribution in [3.8, 4) is 0 Å². The largest absolute Gasteiger partial charge is 0.464 e. The molecule has 2 atom stereocenters. The van der Waals surface area contributed by atoms with Gasteiger partial charge in [0.2, 0.25) is 0 Å². The van der Waals surface area contributed by atoms with Gasteiger partial charge in [-0.2, -0.15) is 5.10 Å². The van der Waals surface area contributed by atoms with Crippen molar-refractivity contribution in [3.05, 3.63) is 12.0 Å². The SMILES string of the molecule is COC(=O)c1nn(COCC[Si](C)(C)C)c2ncnc(N[C@@H]3CCC[C@H]3O)c12. The van der Waals surface area contributed by atoms with Crippen molar-refractivity contribution < 1.29 is 19.4 Å². The van der Waals surface area contributed by atoms with E-state index in [1.54, 1.807) is 4.68 Å². The summed E-state index contributed by atoms with van der Waals surface area (Å²) in [6, 6.07) is 0.928. The van der Waals surface area contributed by atoms with E-state index in [9.17, 15) is 9.90 Å². The van der Waals surface area contributed by atoms with E-state index in [1.165, 1.54) is 13.4 Å². The summed E-state index contributed by atoms with van der Waals surface area (Å²) in [6.45, 7) is 7.70. The number of carbonyl (C=O) groups is 1. The van der Waals surface area contributed by atoms with Crippen LogP contribution >= 0.6 is 0 Å². The number of nitrogens with one attached hydrogen (secondary N) is 1. The van der Waals surface area contributed by atoms with E-state index < -0.39 is 20.1 Å². The maximum absolute atomic E-state index is 12.3. The van der Waals surface area contributed by atoms with Gasteiger partial charge in [0.05, 0.1) is 24.6 Å². The molecule has 1 aliphatic carbocycles. The van der Waals surface area contributed by atoms with Crippen LogP contribution in [0.3, 0.4) is 0 Å². The summed E-state index contributed by atoms with van der Waals surface area (Å²) in [5.74, 6) is -0.0830. The molecule has 0 unspecified atom stereocenters. The Hall–Kier alpha value is -2.04. The van der Waals surface area contributed by atoms with E-state index in [2.05, 4.69) is 40.0 Å². The molecule has 2 aromatic heterocycles.